The van der Waals surface area contributed by atoms with E-state index in [1.54, 1.807) is 0 Å². The summed E-state index contributed by atoms with van der Waals surface area (Å²) in [6, 6.07) is 0. The fraction of sp³-hybridized carbons (Fsp3) is 1.00. The van der Waals surface area contributed by atoms with Gasteiger partial charge in [0.05, 0.1) is 30.6 Å². The molecule has 6 heteroatoms. The Kier molecular flexibility index (Phi) is 6.23. The molecule has 0 saturated heterocycles. The minimum atomic E-state index is -3.41. The monoisotopic (exact) mass is 293 g/mol. The van der Waals surface area contributed by atoms with Gasteiger partial charge in [-0.1, -0.05) is 19.8 Å². The molecule has 1 aliphatic carbocycles. The van der Waals surface area contributed by atoms with Crippen molar-refractivity contribution in [3.63, 3.8) is 0 Å². The molecule has 0 aromatic heterocycles. The maximum atomic E-state index is 12.0. The normalized spacial score (nSPS) is 28.8. The quantitative estimate of drug-likeness (QED) is 0.741. The van der Waals surface area contributed by atoms with E-state index in [1.807, 2.05) is 13.8 Å². The van der Waals surface area contributed by atoms with Gasteiger partial charge in [0.15, 0.2) is 0 Å². The van der Waals surface area contributed by atoms with Gasteiger partial charge in [-0.25, -0.2) is 13.1 Å². The molecule has 0 bridgehead atoms. The highest BCUT2D eigenvalue weighted by Gasteiger charge is 2.37. The van der Waals surface area contributed by atoms with Gasteiger partial charge in [0.1, 0.15) is 0 Å². The van der Waals surface area contributed by atoms with Crippen LogP contribution >= 0.6 is 0 Å². The van der Waals surface area contributed by atoms with Crippen LogP contribution in [0.2, 0.25) is 0 Å². The van der Waals surface area contributed by atoms with Crippen molar-refractivity contribution in [2.24, 2.45) is 5.92 Å². The van der Waals surface area contributed by atoms with Gasteiger partial charge >= 0.3 is 0 Å². The number of aliphatic hydroxyl groups is 1. The molecule has 114 valence electrons. The van der Waals surface area contributed by atoms with Crippen molar-refractivity contribution in [2.45, 2.75) is 58.1 Å². The Morgan fingerprint density at radius 3 is 2.68 bits per heavy atom. The molecule has 19 heavy (non-hydrogen) atoms. The summed E-state index contributed by atoms with van der Waals surface area (Å²) in [7, 11) is -3.41. The number of rotatable bonds is 7. The van der Waals surface area contributed by atoms with Gasteiger partial charge in [-0.05, 0) is 32.6 Å². The lowest BCUT2D eigenvalue weighted by Gasteiger charge is -2.39. The lowest BCUT2D eigenvalue weighted by Crippen LogP contribution is -2.54. The summed E-state index contributed by atoms with van der Waals surface area (Å²) in [5.74, 6) is 0.386. The summed E-state index contributed by atoms with van der Waals surface area (Å²) in [5, 5.41) is 9.58. The predicted octanol–water partition coefficient (Wildman–Crippen LogP) is 1.27. The number of ether oxygens (including phenoxy) is 1. The molecular formula is C13H27NO4S. The molecule has 0 aliphatic heterocycles. The molecule has 1 aliphatic rings. The molecule has 1 rings (SSSR count). The second kappa shape index (κ2) is 7.02. The van der Waals surface area contributed by atoms with E-state index < -0.39 is 15.6 Å². The lowest BCUT2D eigenvalue weighted by molar-refractivity contribution is 0.0901. The predicted molar refractivity (Wildman–Crippen MR) is 75.5 cm³/mol. The van der Waals surface area contributed by atoms with E-state index in [1.165, 1.54) is 0 Å². The zero-order chi connectivity index (χ0) is 14.5. The van der Waals surface area contributed by atoms with Crippen LogP contribution in [0, 0.1) is 5.92 Å². The van der Waals surface area contributed by atoms with Crippen LogP contribution in [0.4, 0.5) is 0 Å². The molecule has 2 N–H and O–H groups in total. The second-order valence-corrected chi connectivity index (χ2v) is 7.82. The first-order valence-corrected chi connectivity index (χ1v) is 8.68. The first-order chi connectivity index (χ1) is 8.79. The fourth-order valence-corrected chi connectivity index (χ4v) is 4.03. The Labute approximate surface area is 116 Å². The maximum Gasteiger partial charge on any atom is 0.214 e. The minimum absolute atomic E-state index is 0.0247. The Morgan fingerprint density at radius 2 is 2.16 bits per heavy atom. The summed E-state index contributed by atoms with van der Waals surface area (Å²) >= 11 is 0. The van der Waals surface area contributed by atoms with Crippen molar-refractivity contribution < 1.29 is 18.3 Å². The molecule has 1 fully saturated rings. The van der Waals surface area contributed by atoms with Crippen LogP contribution in [-0.2, 0) is 14.8 Å². The van der Waals surface area contributed by atoms with E-state index in [0.717, 1.165) is 12.8 Å². The van der Waals surface area contributed by atoms with Gasteiger partial charge in [0.2, 0.25) is 10.0 Å². The highest BCUT2D eigenvalue weighted by molar-refractivity contribution is 7.89. The van der Waals surface area contributed by atoms with Gasteiger partial charge in [-0.3, -0.25) is 0 Å². The average Bonchev–Trinajstić information content (AvgIpc) is 2.27. The smallest absolute Gasteiger partial charge is 0.214 e. The summed E-state index contributed by atoms with van der Waals surface area (Å²) in [6.45, 7) is 5.89. The zero-order valence-electron chi connectivity index (χ0n) is 12.2. The lowest BCUT2D eigenvalue weighted by atomic mass is 9.78. The third-order valence-corrected chi connectivity index (χ3v) is 5.02. The van der Waals surface area contributed by atoms with E-state index >= 15 is 0 Å². The molecule has 5 nitrogen and oxygen atoms in total. The van der Waals surface area contributed by atoms with Crippen LogP contribution in [0.3, 0.4) is 0 Å². The van der Waals surface area contributed by atoms with Gasteiger partial charge < -0.3 is 9.84 Å². The Balaban J connectivity index is 2.58. The zero-order valence-corrected chi connectivity index (χ0v) is 13.0. The molecule has 2 atom stereocenters. The van der Waals surface area contributed by atoms with Crippen LogP contribution in [0.15, 0.2) is 0 Å². The summed E-state index contributed by atoms with van der Waals surface area (Å²) in [6.07, 6.45) is 3.48. The summed E-state index contributed by atoms with van der Waals surface area (Å²) in [4.78, 5) is 0. The van der Waals surface area contributed by atoms with Crippen LogP contribution in [0.1, 0.15) is 46.5 Å². The standard InChI is InChI=1S/C13H27NO4S/c1-11(2)18-7-8-19(16,17)14-13(10-15)6-4-5-12(3)9-13/h11-12,14-15H,4-10H2,1-3H3. The number of sulfonamides is 1. The third kappa shape index (κ3) is 5.77. The fourth-order valence-electron chi connectivity index (χ4n) is 2.70. The second-order valence-electron chi connectivity index (χ2n) is 5.98. The summed E-state index contributed by atoms with van der Waals surface area (Å²) < 4.78 is 32.1. The first kappa shape index (κ1) is 16.9. The Morgan fingerprint density at radius 1 is 1.47 bits per heavy atom. The molecule has 0 aromatic carbocycles. The molecule has 0 heterocycles. The Hall–Kier alpha value is -0.170. The summed E-state index contributed by atoms with van der Waals surface area (Å²) in [5.41, 5.74) is -0.672. The van der Waals surface area contributed by atoms with E-state index in [2.05, 4.69) is 11.6 Å². The first-order valence-electron chi connectivity index (χ1n) is 7.03. The van der Waals surface area contributed by atoms with Gasteiger partial charge in [0, 0.05) is 0 Å². The van der Waals surface area contributed by atoms with Crippen LogP contribution in [0.5, 0.6) is 0 Å². The van der Waals surface area contributed by atoms with Crippen molar-refractivity contribution in [2.75, 3.05) is 19.0 Å². The highest BCUT2D eigenvalue weighted by atomic mass is 32.2. The van der Waals surface area contributed by atoms with Crippen molar-refractivity contribution in [1.82, 2.24) is 4.72 Å². The SMILES string of the molecule is CC1CCCC(CO)(NS(=O)(=O)CCOC(C)C)C1. The molecule has 0 spiro atoms. The average molecular weight is 293 g/mol. The Bertz CT molecular complexity index is 369. The molecule has 2 unspecified atom stereocenters. The molecular weight excluding hydrogens is 266 g/mol. The van der Waals surface area contributed by atoms with Gasteiger partial charge in [-0.15, -0.1) is 0 Å². The highest BCUT2D eigenvalue weighted by Crippen LogP contribution is 2.32. The van der Waals surface area contributed by atoms with E-state index in [4.69, 9.17) is 4.74 Å². The van der Waals surface area contributed by atoms with E-state index in [-0.39, 0.29) is 25.1 Å². The van der Waals surface area contributed by atoms with Gasteiger partial charge in [0.25, 0.3) is 0 Å². The molecule has 0 radical (unpaired) electrons. The topological polar surface area (TPSA) is 75.6 Å². The molecule has 0 amide bonds. The number of aliphatic hydroxyl groups excluding tert-OH is 1. The van der Waals surface area contributed by atoms with E-state index in [9.17, 15) is 13.5 Å². The number of hydrogen-bond donors (Lipinski definition) is 2. The van der Waals surface area contributed by atoms with Crippen molar-refractivity contribution in [3.8, 4) is 0 Å². The largest absolute Gasteiger partial charge is 0.394 e. The van der Waals surface area contributed by atoms with E-state index in [0.29, 0.717) is 18.8 Å². The molecule has 1 saturated carbocycles. The van der Waals surface area contributed by atoms with Gasteiger partial charge in [-0.2, -0.15) is 0 Å². The third-order valence-electron chi connectivity index (χ3n) is 3.57. The van der Waals surface area contributed by atoms with Crippen LogP contribution in [-0.4, -0.2) is 44.1 Å². The molecule has 0 aromatic rings. The van der Waals surface area contributed by atoms with Crippen molar-refractivity contribution >= 4 is 10.0 Å². The van der Waals surface area contributed by atoms with Crippen LogP contribution < -0.4 is 4.72 Å². The van der Waals surface area contributed by atoms with Crippen molar-refractivity contribution in [3.05, 3.63) is 0 Å². The number of nitrogens with one attached hydrogen (secondary N) is 1. The maximum absolute atomic E-state index is 12.0. The van der Waals surface area contributed by atoms with Crippen LogP contribution in [0.25, 0.3) is 0 Å². The van der Waals surface area contributed by atoms with Crippen molar-refractivity contribution in [1.29, 1.82) is 0 Å². The minimum Gasteiger partial charge on any atom is -0.394 e. The number of hydrogen-bond acceptors (Lipinski definition) is 4.